The van der Waals surface area contributed by atoms with Gasteiger partial charge in [0.25, 0.3) is 17.4 Å². The molecule has 2 N–H and O–H groups in total. The third-order valence-corrected chi connectivity index (χ3v) is 6.59. The molecule has 2 amide bonds. The molecule has 1 fully saturated rings. The number of likely N-dealkylation sites (tertiary alicyclic amines) is 1. The number of nitrogens with zero attached hydrogens (tertiary/aromatic N) is 5. The number of amides is 2. The summed E-state index contributed by atoms with van der Waals surface area (Å²) in [5.74, 6) is -0.417. The van der Waals surface area contributed by atoms with Crippen LogP contribution in [0.3, 0.4) is 0 Å². The molecule has 184 valence electrons. The molecule has 1 aliphatic heterocycles. The summed E-state index contributed by atoms with van der Waals surface area (Å²) < 4.78 is 2.93. The summed E-state index contributed by atoms with van der Waals surface area (Å²) in [7, 11) is 1.71. The van der Waals surface area contributed by atoms with Crippen molar-refractivity contribution in [2.24, 2.45) is 7.05 Å². The number of piperidine rings is 1. The molecule has 10 heteroatoms. The number of aliphatic hydroxyl groups is 1. The molecule has 36 heavy (non-hydrogen) atoms. The van der Waals surface area contributed by atoms with Crippen molar-refractivity contribution in [2.45, 2.75) is 25.0 Å². The van der Waals surface area contributed by atoms with Crippen LogP contribution < -0.4 is 10.9 Å². The number of aryl methyl sites for hydroxylation is 1. The SMILES string of the molecule is Cn1ncc2c(=O)n(CC3(O)CCN(C(=O)c4ccc(C(=O)Nc5ccccc5)cc4)CC3)cnc21. The minimum Gasteiger partial charge on any atom is -0.388 e. The molecule has 10 nitrogen and oxygen atoms in total. The van der Waals surface area contributed by atoms with Crippen LogP contribution in [0.4, 0.5) is 5.69 Å². The minimum atomic E-state index is -1.13. The lowest BCUT2D eigenvalue weighted by molar-refractivity contribution is -0.0299. The molecule has 0 unspecified atom stereocenters. The Balaban J connectivity index is 1.20. The Morgan fingerprint density at radius 2 is 1.69 bits per heavy atom. The summed E-state index contributed by atoms with van der Waals surface area (Å²) in [6, 6.07) is 15.7. The summed E-state index contributed by atoms with van der Waals surface area (Å²) in [6.45, 7) is 0.794. The van der Waals surface area contributed by atoms with Gasteiger partial charge in [-0.25, -0.2) is 4.98 Å². The second-order valence-corrected chi connectivity index (χ2v) is 9.10. The molecule has 0 bridgehead atoms. The van der Waals surface area contributed by atoms with Crippen LogP contribution in [0.15, 0.2) is 71.9 Å². The van der Waals surface area contributed by atoms with Crippen LogP contribution in [-0.4, -0.2) is 59.8 Å². The van der Waals surface area contributed by atoms with Crippen LogP contribution in [0.5, 0.6) is 0 Å². The highest BCUT2D eigenvalue weighted by molar-refractivity contribution is 6.05. The lowest BCUT2D eigenvalue weighted by atomic mass is 9.91. The zero-order chi connectivity index (χ0) is 25.3. The molecule has 0 aliphatic carbocycles. The highest BCUT2D eigenvalue weighted by Gasteiger charge is 2.35. The molecule has 2 aromatic carbocycles. The van der Waals surface area contributed by atoms with Crippen molar-refractivity contribution in [3.63, 3.8) is 0 Å². The average molecular weight is 487 g/mol. The summed E-state index contributed by atoms with van der Waals surface area (Å²) in [5.41, 5.74) is 0.732. The van der Waals surface area contributed by atoms with Gasteiger partial charge in [-0.15, -0.1) is 0 Å². The first kappa shape index (κ1) is 23.4. The number of para-hydroxylation sites is 1. The van der Waals surface area contributed by atoms with E-state index in [-0.39, 0.29) is 23.9 Å². The van der Waals surface area contributed by atoms with Gasteiger partial charge in [-0.1, -0.05) is 18.2 Å². The number of carbonyl (C=O) groups is 2. The number of hydrogen-bond donors (Lipinski definition) is 2. The van der Waals surface area contributed by atoms with Crippen LogP contribution in [0.1, 0.15) is 33.6 Å². The van der Waals surface area contributed by atoms with Gasteiger partial charge in [0.05, 0.1) is 18.3 Å². The van der Waals surface area contributed by atoms with Gasteiger partial charge < -0.3 is 15.3 Å². The predicted molar refractivity (Wildman–Crippen MR) is 134 cm³/mol. The first-order chi connectivity index (χ1) is 17.3. The van der Waals surface area contributed by atoms with Gasteiger partial charge >= 0.3 is 0 Å². The molecule has 0 spiro atoms. The number of rotatable bonds is 5. The molecule has 2 aromatic heterocycles. The summed E-state index contributed by atoms with van der Waals surface area (Å²) in [4.78, 5) is 44.2. The van der Waals surface area contributed by atoms with Crippen molar-refractivity contribution in [2.75, 3.05) is 18.4 Å². The van der Waals surface area contributed by atoms with E-state index < -0.39 is 5.60 Å². The second kappa shape index (κ2) is 9.38. The first-order valence-corrected chi connectivity index (χ1v) is 11.7. The monoisotopic (exact) mass is 486 g/mol. The van der Waals surface area contributed by atoms with E-state index in [2.05, 4.69) is 15.4 Å². The van der Waals surface area contributed by atoms with E-state index in [1.54, 1.807) is 48.3 Å². The molecule has 0 radical (unpaired) electrons. The van der Waals surface area contributed by atoms with Gasteiger partial charge in [-0.05, 0) is 49.2 Å². The van der Waals surface area contributed by atoms with E-state index in [0.29, 0.717) is 53.8 Å². The highest BCUT2D eigenvalue weighted by atomic mass is 16.3. The third-order valence-electron chi connectivity index (χ3n) is 6.59. The van der Waals surface area contributed by atoms with E-state index in [0.717, 1.165) is 0 Å². The number of aromatic nitrogens is 4. The Morgan fingerprint density at radius 3 is 2.39 bits per heavy atom. The number of carbonyl (C=O) groups excluding carboxylic acids is 2. The summed E-state index contributed by atoms with van der Waals surface area (Å²) >= 11 is 0. The average Bonchev–Trinajstić information content (AvgIpc) is 3.27. The maximum atomic E-state index is 13.0. The molecular formula is C26H26N6O4. The van der Waals surface area contributed by atoms with Gasteiger partial charge in [-0.3, -0.25) is 23.6 Å². The number of nitrogens with one attached hydrogen (secondary N) is 1. The normalized spacial score (nSPS) is 15.1. The smallest absolute Gasteiger partial charge is 0.264 e. The topological polar surface area (TPSA) is 122 Å². The first-order valence-electron chi connectivity index (χ1n) is 11.7. The van der Waals surface area contributed by atoms with Gasteiger partial charge in [0.2, 0.25) is 0 Å². The molecule has 5 rings (SSSR count). The van der Waals surface area contributed by atoms with Crippen LogP contribution in [-0.2, 0) is 13.6 Å². The lowest BCUT2D eigenvalue weighted by Crippen LogP contribution is -2.49. The fraction of sp³-hybridized carbons (Fsp3) is 0.269. The Labute approximate surface area is 206 Å². The van der Waals surface area contributed by atoms with E-state index in [1.807, 2.05) is 18.2 Å². The highest BCUT2D eigenvalue weighted by Crippen LogP contribution is 2.25. The second-order valence-electron chi connectivity index (χ2n) is 9.10. The standard InChI is InChI=1S/C26H26N6O4/c1-30-22-21(15-28-30)25(35)32(17-27-22)16-26(36)11-13-31(14-12-26)24(34)19-9-7-18(8-10-19)23(33)29-20-5-3-2-4-6-20/h2-10,15,17,36H,11-14,16H2,1H3,(H,29,33). The van der Waals surface area contributed by atoms with Crippen molar-refractivity contribution >= 4 is 28.5 Å². The van der Waals surface area contributed by atoms with Crippen molar-refractivity contribution in [1.29, 1.82) is 0 Å². The Hall–Kier alpha value is -4.31. The quantitative estimate of drug-likeness (QED) is 0.445. The van der Waals surface area contributed by atoms with Crippen molar-refractivity contribution in [1.82, 2.24) is 24.2 Å². The van der Waals surface area contributed by atoms with Gasteiger partial charge in [0.1, 0.15) is 11.7 Å². The molecule has 0 saturated carbocycles. The molecule has 3 heterocycles. The van der Waals surface area contributed by atoms with Gasteiger partial charge in [0, 0.05) is 37.0 Å². The van der Waals surface area contributed by atoms with Crippen molar-refractivity contribution < 1.29 is 14.7 Å². The molecule has 1 saturated heterocycles. The third kappa shape index (κ3) is 4.63. The van der Waals surface area contributed by atoms with Crippen LogP contribution in [0.2, 0.25) is 0 Å². The largest absolute Gasteiger partial charge is 0.388 e. The Bertz CT molecular complexity index is 1470. The zero-order valence-electron chi connectivity index (χ0n) is 19.8. The summed E-state index contributed by atoms with van der Waals surface area (Å²) in [6.07, 6.45) is 3.56. The van der Waals surface area contributed by atoms with Gasteiger partial charge in [-0.2, -0.15) is 5.10 Å². The maximum absolute atomic E-state index is 13.0. The van der Waals surface area contributed by atoms with Gasteiger partial charge in [0.15, 0.2) is 5.65 Å². The number of benzene rings is 2. The van der Waals surface area contributed by atoms with Crippen LogP contribution in [0, 0.1) is 0 Å². The molecule has 4 aromatic rings. The van der Waals surface area contributed by atoms with Crippen molar-refractivity contribution in [3.05, 3.63) is 88.6 Å². The molecule has 0 atom stereocenters. The zero-order valence-corrected chi connectivity index (χ0v) is 19.8. The molecule has 1 aliphatic rings. The van der Waals surface area contributed by atoms with Crippen LogP contribution >= 0.6 is 0 Å². The number of hydrogen-bond acceptors (Lipinski definition) is 6. The Kier molecular flexibility index (Phi) is 6.11. The number of fused-ring (bicyclic) bond motifs is 1. The Morgan fingerprint density at radius 1 is 1.03 bits per heavy atom. The number of anilines is 1. The van der Waals surface area contributed by atoms with E-state index >= 15 is 0 Å². The molecular weight excluding hydrogens is 460 g/mol. The predicted octanol–water partition coefficient (Wildman–Crippen LogP) is 2.05. The maximum Gasteiger partial charge on any atom is 0.264 e. The van der Waals surface area contributed by atoms with E-state index in [4.69, 9.17) is 0 Å². The summed E-state index contributed by atoms with van der Waals surface area (Å²) in [5, 5.41) is 18.4. The minimum absolute atomic E-state index is 0.0942. The lowest BCUT2D eigenvalue weighted by Gasteiger charge is -2.38. The van der Waals surface area contributed by atoms with E-state index in [9.17, 15) is 19.5 Å². The van der Waals surface area contributed by atoms with E-state index in [1.165, 1.54) is 21.8 Å². The van der Waals surface area contributed by atoms with Crippen molar-refractivity contribution in [3.8, 4) is 0 Å². The fourth-order valence-electron chi connectivity index (χ4n) is 4.45. The van der Waals surface area contributed by atoms with Crippen LogP contribution in [0.25, 0.3) is 11.0 Å². The fourth-order valence-corrected chi connectivity index (χ4v) is 4.45.